The Balaban J connectivity index is 2.37. The highest BCUT2D eigenvalue weighted by atomic mass is 19.4. The number of nitrogens with two attached hydrogens (primary N) is 1. The molecular weight excluding hydrogens is 287 g/mol. The predicted octanol–water partition coefficient (Wildman–Crippen LogP) is 2.20. The van der Waals surface area contributed by atoms with Crippen molar-refractivity contribution in [1.82, 2.24) is 5.32 Å². The first-order valence-corrected chi connectivity index (χ1v) is 5.87. The van der Waals surface area contributed by atoms with Crippen LogP contribution in [0.1, 0.15) is 5.56 Å². The van der Waals surface area contributed by atoms with E-state index in [0.717, 1.165) is 0 Å². The quantitative estimate of drug-likeness (QED) is 0.346. The number of halogens is 3. The zero-order chi connectivity index (χ0) is 15.5. The van der Waals surface area contributed by atoms with E-state index in [2.05, 4.69) is 15.2 Å². The van der Waals surface area contributed by atoms with Crippen LogP contribution in [0.3, 0.4) is 0 Å². The molecule has 0 saturated heterocycles. The largest absolute Gasteiger partial charge is 0.573 e. The summed E-state index contributed by atoms with van der Waals surface area (Å²) in [5.41, 5.74) is 6.19. The Labute approximate surface area is 118 Å². The highest BCUT2D eigenvalue weighted by molar-refractivity contribution is 5.91. The van der Waals surface area contributed by atoms with Gasteiger partial charge < -0.3 is 21.0 Å². The van der Waals surface area contributed by atoms with Gasteiger partial charge in [-0.3, -0.25) is 0 Å². The minimum atomic E-state index is -4.78. The van der Waals surface area contributed by atoms with Crippen LogP contribution in [0.2, 0.25) is 0 Å². The summed E-state index contributed by atoms with van der Waals surface area (Å²) in [6, 6.07) is 5.13. The fraction of sp³-hybridized carbons (Fsp3) is 0.154. The maximum Gasteiger partial charge on any atom is 0.573 e. The molecule has 1 heterocycles. The van der Waals surface area contributed by atoms with Gasteiger partial charge in [0.25, 0.3) is 0 Å². The fourth-order valence-corrected chi connectivity index (χ4v) is 1.86. The molecule has 0 aliphatic carbocycles. The van der Waals surface area contributed by atoms with Gasteiger partial charge in [0.1, 0.15) is 11.8 Å². The first kappa shape index (κ1) is 14.8. The van der Waals surface area contributed by atoms with Crippen molar-refractivity contribution in [3.8, 4) is 5.75 Å². The Bertz CT molecular complexity index is 609. The second kappa shape index (κ2) is 5.78. The van der Waals surface area contributed by atoms with Gasteiger partial charge in [-0.1, -0.05) is 23.4 Å². The van der Waals surface area contributed by atoms with Crippen molar-refractivity contribution in [1.29, 1.82) is 0 Å². The third-order valence-electron chi connectivity index (χ3n) is 2.74. The number of ether oxygens (including phenoxy) is 1. The Morgan fingerprint density at radius 3 is 2.71 bits per heavy atom. The molecule has 112 valence electrons. The molecular formula is C13H12F3N3O2. The molecule has 1 aromatic rings. The topological polar surface area (TPSA) is 79.9 Å². The van der Waals surface area contributed by atoms with Crippen molar-refractivity contribution < 1.29 is 23.1 Å². The summed E-state index contributed by atoms with van der Waals surface area (Å²) in [7, 11) is 0. The lowest BCUT2D eigenvalue weighted by atomic mass is 10.00. The number of allylic oxidation sites excluding steroid dienone is 2. The van der Waals surface area contributed by atoms with Gasteiger partial charge in [0, 0.05) is 5.56 Å². The molecule has 21 heavy (non-hydrogen) atoms. The second-order valence-electron chi connectivity index (χ2n) is 4.17. The minimum Gasteiger partial charge on any atom is -0.409 e. The van der Waals surface area contributed by atoms with E-state index in [1.807, 2.05) is 0 Å². The van der Waals surface area contributed by atoms with Gasteiger partial charge in [-0.2, -0.15) is 0 Å². The normalized spacial score (nSPS) is 18.9. The molecule has 1 aliphatic heterocycles. The highest BCUT2D eigenvalue weighted by Gasteiger charge is 2.32. The molecule has 2 rings (SSSR count). The molecule has 5 nitrogen and oxygen atoms in total. The summed E-state index contributed by atoms with van der Waals surface area (Å²) in [5, 5.41) is 14.3. The van der Waals surface area contributed by atoms with Crippen molar-refractivity contribution >= 4 is 11.4 Å². The maximum absolute atomic E-state index is 12.4. The molecule has 0 spiro atoms. The van der Waals surface area contributed by atoms with Crippen LogP contribution in [0.15, 0.2) is 47.8 Å². The van der Waals surface area contributed by atoms with E-state index >= 15 is 0 Å². The average Bonchev–Trinajstić information content (AvgIpc) is 2.45. The summed E-state index contributed by atoms with van der Waals surface area (Å²) < 4.78 is 41.2. The Kier molecular flexibility index (Phi) is 4.06. The Hall–Kier alpha value is -2.64. The van der Waals surface area contributed by atoms with E-state index in [9.17, 15) is 13.2 Å². The number of dihydropyridines is 1. The molecule has 8 heteroatoms. The van der Waals surface area contributed by atoms with Gasteiger partial charge in [-0.15, -0.1) is 13.2 Å². The van der Waals surface area contributed by atoms with Crippen LogP contribution < -0.4 is 15.8 Å². The summed E-state index contributed by atoms with van der Waals surface area (Å²) in [5.74, 6) is -0.424. The lowest BCUT2D eigenvalue weighted by Crippen LogP contribution is -2.38. The van der Waals surface area contributed by atoms with Crippen LogP contribution in [-0.4, -0.2) is 23.4 Å². The fourth-order valence-electron chi connectivity index (χ4n) is 1.86. The number of amidine groups is 1. The zero-order valence-corrected chi connectivity index (χ0v) is 10.6. The Morgan fingerprint density at radius 1 is 1.33 bits per heavy atom. The molecule has 1 atom stereocenters. The van der Waals surface area contributed by atoms with E-state index in [1.54, 1.807) is 12.1 Å². The van der Waals surface area contributed by atoms with E-state index in [0.29, 0.717) is 5.57 Å². The number of alkyl halides is 3. The third-order valence-corrected chi connectivity index (χ3v) is 2.74. The SMILES string of the molecule is N/C(=N/O)C1C=C(c2ccccc2OC(F)(F)F)C=CN1. The number of nitrogens with one attached hydrogen (secondary N) is 1. The standard InChI is InChI=1S/C13H12F3N3O2/c14-13(15,16)21-11-4-2-1-3-9(11)8-5-6-18-10(7-8)12(17)19-20/h1-7,10,18,20H,(H2,17,19). The zero-order valence-electron chi connectivity index (χ0n) is 10.6. The van der Waals surface area contributed by atoms with Crippen molar-refractivity contribution in [3.05, 3.63) is 48.2 Å². The van der Waals surface area contributed by atoms with Crippen LogP contribution in [0.4, 0.5) is 13.2 Å². The number of nitrogens with zero attached hydrogens (tertiary/aromatic N) is 1. The van der Waals surface area contributed by atoms with Crippen LogP contribution in [-0.2, 0) is 0 Å². The predicted molar refractivity (Wildman–Crippen MR) is 70.6 cm³/mol. The van der Waals surface area contributed by atoms with Gasteiger partial charge in [-0.25, -0.2) is 0 Å². The average molecular weight is 299 g/mol. The van der Waals surface area contributed by atoms with Crippen molar-refractivity contribution in [2.75, 3.05) is 0 Å². The molecule has 1 unspecified atom stereocenters. The maximum atomic E-state index is 12.4. The third kappa shape index (κ3) is 3.68. The Morgan fingerprint density at radius 2 is 2.05 bits per heavy atom. The molecule has 0 fully saturated rings. The van der Waals surface area contributed by atoms with E-state index in [-0.39, 0.29) is 17.1 Å². The molecule has 0 radical (unpaired) electrons. The smallest absolute Gasteiger partial charge is 0.409 e. The monoisotopic (exact) mass is 299 g/mol. The van der Waals surface area contributed by atoms with Crippen molar-refractivity contribution in [2.45, 2.75) is 12.4 Å². The number of hydrogen-bond donors (Lipinski definition) is 3. The van der Waals surface area contributed by atoms with Crippen LogP contribution >= 0.6 is 0 Å². The number of para-hydroxylation sites is 1. The molecule has 0 amide bonds. The van der Waals surface area contributed by atoms with Crippen LogP contribution in [0.25, 0.3) is 5.57 Å². The second-order valence-corrected chi connectivity index (χ2v) is 4.17. The molecule has 0 aromatic heterocycles. The number of benzene rings is 1. The van der Waals surface area contributed by atoms with Gasteiger partial charge >= 0.3 is 6.36 Å². The van der Waals surface area contributed by atoms with Crippen molar-refractivity contribution in [3.63, 3.8) is 0 Å². The van der Waals surface area contributed by atoms with Crippen LogP contribution in [0, 0.1) is 0 Å². The first-order valence-electron chi connectivity index (χ1n) is 5.87. The van der Waals surface area contributed by atoms with Gasteiger partial charge in [0.15, 0.2) is 5.84 Å². The lowest BCUT2D eigenvalue weighted by Gasteiger charge is -2.19. The lowest BCUT2D eigenvalue weighted by molar-refractivity contribution is -0.274. The molecule has 1 aliphatic rings. The van der Waals surface area contributed by atoms with E-state index in [4.69, 9.17) is 10.9 Å². The summed E-state index contributed by atoms with van der Waals surface area (Å²) in [6.07, 6.45) is -0.173. The van der Waals surface area contributed by atoms with Crippen LogP contribution in [0.5, 0.6) is 5.75 Å². The van der Waals surface area contributed by atoms with Crippen molar-refractivity contribution in [2.24, 2.45) is 10.9 Å². The number of hydrogen-bond acceptors (Lipinski definition) is 4. The summed E-state index contributed by atoms with van der Waals surface area (Å²) in [6.45, 7) is 0. The molecule has 1 aromatic carbocycles. The summed E-state index contributed by atoms with van der Waals surface area (Å²) >= 11 is 0. The van der Waals surface area contributed by atoms with Gasteiger partial charge in [-0.05, 0) is 30.0 Å². The van der Waals surface area contributed by atoms with Gasteiger partial charge in [0.2, 0.25) is 0 Å². The number of rotatable bonds is 3. The van der Waals surface area contributed by atoms with E-state index in [1.165, 1.54) is 30.5 Å². The first-order chi connectivity index (χ1) is 9.90. The molecule has 0 bridgehead atoms. The highest BCUT2D eigenvalue weighted by Crippen LogP contribution is 2.32. The van der Waals surface area contributed by atoms with Gasteiger partial charge in [0.05, 0.1) is 0 Å². The minimum absolute atomic E-state index is 0.105. The molecule has 4 N–H and O–H groups in total. The summed E-state index contributed by atoms with van der Waals surface area (Å²) in [4.78, 5) is 0. The number of oxime groups is 1. The molecule has 0 saturated carbocycles. The van der Waals surface area contributed by atoms with E-state index < -0.39 is 12.4 Å².